The number of hydrogen-bond acceptors (Lipinski definition) is 7. The summed E-state index contributed by atoms with van der Waals surface area (Å²) in [5.74, 6) is 1.30. The Balaban J connectivity index is 1.19. The van der Waals surface area contributed by atoms with Crippen LogP contribution in [0.3, 0.4) is 0 Å². The Hall–Kier alpha value is -3.52. The summed E-state index contributed by atoms with van der Waals surface area (Å²) in [5, 5.41) is 10.1. The number of methoxy groups -OCH3 is 1. The van der Waals surface area contributed by atoms with Crippen molar-refractivity contribution in [2.45, 2.75) is 44.3 Å². The highest BCUT2D eigenvalue weighted by Gasteiger charge is 2.39. The van der Waals surface area contributed by atoms with Gasteiger partial charge in [0.25, 0.3) is 0 Å². The van der Waals surface area contributed by atoms with Gasteiger partial charge in [0.1, 0.15) is 23.8 Å². The molecule has 1 aliphatic carbocycles. The molecular weight excluding hydrogens is 587 g/mol. The number of esters is 1. The predicted molar refractivity (Wildman–Crippen MR) is 157 cm³/mol. The zero-order valence-electron chi connectivity index (χ0n) is 22.2. The first-order valence-corrected chi connectivity index (χ1v) is 14.2. The van der Waals surface area contributed by atoms with Crippen molar-refractivity contribution in [1.82, 2.24) is 5.16 Å². The fourth-order valence-corrected chi connectivity index (χ4v) is 5.92. The van der Waals surface area contributed by atoms with E-state index in [4.69, 9.17) is 53.6 Å². The summed E-state index contributed by atoms with van der Waals surface area (Å²) in [5.41, 5.74) is 4.12. The smallest absolute Gasteiger partial charge is 0.337 e. The zero-order valence-corrected chi connectivity index (χ0v) is 24.5. The number of benzene rings is 3. The Labute approximate surface area is 251 Å². The van der Waals surface area contributed by atoms with Crippen LogP contribution < -0.4 is 4.74 Å². The van der Waals surface area contributed by atoms with Crippen molar-refractivity contribution in [2.75, 3.05) is 7.11 Å². The lowest BCUT2D eigenvalue weighted by atomic mass is 9.89. The van der Waals surface area contributed by atoms with Crippen molar-refractivity contribution in [1.29, 1.82) is 0 Å². The molecule has 2 heterocycles. The van der Waals surface area contributed by atoms with Crippen molar-refractivity contribution < 1.29 is 23.6 Å². The van der Waals surface area contributed by atoms with Gasteiger partial charge in [-0.2, -0.15) is 0 Å². The second-order valence-electron chi connectivity index (χ2n) is 10.3. The first-order valence-electron chi connectivity index (χ1n) is 13.1. The number of halogens is 3. The summed E-state index contributed by atoms with van der Waals surface area (Å²) in [6.45, 7) is 2.15. The quantitative estimate of drug-likeness (QED) is 0.186. The van der Waals surface area contributed by atoms with Gasteiger partial charge >= 0.3 is 5.97 Å². The van der Waals surface area contributed by atoms with E-state index >= 15 is 0 Å². The average Bonchev–Trinajstić information content (AvgIpc) is 3.61. The van der Waals surface area contributed by atoms with Gasteiger partial charge in [-0.05, 0) is 67.8 Å². The second-order valence-corrected chi connectivity index (χ2v) is 11.5. The fraction of sp³-hybridized carbons (Fsp3) is 0.258. The Morgan fingerprint density at radius 1 is 1.02 bits per heavy atom. The van der Waals surface area contributed by atoms with Crippen LogP contribution in [-0.4, -0.2) is 23.9 Å². The van der Waals surface area contributed by atoms with Gasteiger partial charge in [0.15, 0.2) is 5.60 Å². The third-order valence-corrected chi connectivity index (χ3v) is 8.30. The Kier molecular flexibility index (Phi) is 7.45. The number of ether oxygens (including phenoxy) is 2. The molecule has 0 spiro atoms. The van der Waals surface area contributed by atoms with Gasteiger partial charge in [-0.3, -0.25) is 0 Å². The summed E-state index contributed by atoms with van der Waals surface area (Å²) in [7, 11) is 1.35. The van der Waals surface area contributed by atoms with E-state index in [0.29, 0.717) is 50.0 Å². The molecule has 6 rings (SSSR count). The first-order chi connectivity index (χ1) is 19.8. The van der Waals surface area contributed by atoms with Crippen LogP contribution in [0.2, 0.25) is 15.1 Å². The van der Waals surface area contributed by atoms with Crippen molar-refractivity contribution in [3.05, 3.63) is 104 Å². The SMILES string of the molecule is COC(=O)c1ccc(C2=NOC(C)(c3ccc(OCc4c(-c5c(Cl)cccc5Cl)noc4C4CC4)cc3Cl)C2)cc1. The highest BCUT2D eigenvalue weighted by Crippen LogP contribution is 2.46. The van der Waals surface area contributed by atoms with Crippen LogP contribution in [-0.2, 0) is 21.8 Å². The fourth-order valence-electron chi connectivity index (χ4n) is 4.97. The van der Waals surface area contributed by atoms with Crippen molar-refractivity contribution in [3.63, 3.8) is 0 Å². The monoisotopic (exact) mass is 610 g/mol. The van der Waals surface area contributed by atoms with Gasteiger partial charge < -0.3 is 18.8 Å². The lowest BCUT2D eigenvalue weighted by Gasteiger charge is -2.23. The molecule has 3 aromatic carbocycles. The Morgan fingerprint density at radius 3 is 2.41 bits per heavy atom. The summed E-state index contributed by atoms with van der Waals surface area (Å²) >= 11 is 19.7. The maximum Gasteiger partial charge on any atom is 0.337 e. The van der Waals surface area contributed by atoms with E-state index in [9.17, 15) is 4.79 Å². The lowest BCUT2D eigenvalue weighted by Crippen LogP contribution is -2.22. The number of carbonyl (C=O) groups is 1. The molecule has 0 amide bonds. The van der Waals surface area contributed by atoms with E-state index in [1.165, 1.54) is 7.11 Å². The molecule has 1 fully saturated rings. The zero-order chi connectivity index (χ0) is 28.7. The van der Waals surface area contributed by atoms with E-state index in [2.05, 4.69) is 10.3 Å². The van der Waals surface area contributed by atoms with Gasteiger partial charge in [-0.1, -0.05) is 63.3 Å². The van der Waals surface area contributed by atoms with E-state index in [0.717, 1.165) is 41.0 Å². The maximum absolute atomic E-state index is 11.7. The number of rotatable bonds is 8. The highest BCUT2D eigenvalue weighted by molar-refractivity contribution is 6.39. The molecule has 2 aliphatic rings. The number of nitrogens with zero attached hydrogens (tertiary/aromatic N) is 2. The Bertz CT molecular complexity index is 1640. The van der Waals surface area contributed by atoms with Gasteiger partial charge in [-0.25, -0.2) is 4.79 Å². The number of hydrogen-bond donors (Lipinski definition) is 0. The van der Waals surface area contributed by atoms with Gasteiger partial charge in [-0.15, -0.1) is 0 Å². The average molecular weight is 612 g/mol. The topological polar surface area (TPSA) is 83.2 Å². The van der Waals surface area contributed by atoms with Crippen molar-refractivity contribution >= 4 is 46.5 Å². The highest BCUT2D eigenvalue weighted by atomic mass is 35.5. The normalized spacial score (nSPS) is 18.1. The molecule has 10 heteroatoms. The van der Waals surface area contributed by atoms with E-state index in [-0.39, 0.29) is 6.61 Å². The second kappa shape index (κ2) is 11.0. The van der Waals surface area contributed by atoms with Gasteiger partial charge in [0, 0.05) is 23.5 Å². The summed E-state index contributed by atoms with van der Waals surface area (Å²) in [6.07, 6.45) is 2.57. The number of oxime groups is 1. The molecule has 210 valence electrons. The molecule has 4 aromatic rings. The Morgan fingerprint density at radius 2 is 1.76 bits per heavy atom. The molecule has 7 nitrogen and oxygen atoms in total. The van der Waals surface area contributed by atoms with E-state index in [1.807, 2.05) is 31.2 Å². The molecule has 0 bridgehead atoms. The first kappa shape index (κ1) is 27.6. The van der Waals surface area contributed by atoms with E-state index < -0.39 is 11.6 Å². The van der Waals surface area contributed by atoms with Crippen LogP contribution in [0.15, 0.2) is 70.3 Å². The summed E-state index contributed by atoms with van der Waals surface area (Å²) in [4.78, 5) is 17.6. The van der Waals surface area contributed by atoms with Crippen molar-refractivity contribution in [2.24, 2.45) is 5.16 Å². The minimum Gasteiger partial charge on any atom is -0.489 e. The molecule has 0 N–H and O–H groups in total. The largest absolute Gasteiger partial charge is 0.489 e. The van der Waals surface area contributed by atoms with Crippen LogP contribution in [0.4, 0.5) is 0 Å². The molecule has 0 saturated heterocycles. The molecule has 0 radical (unpaired) electrons. The molecular formula is C31H25Cl3N2O5. The maximum atomic E-state index is 11.7. The van der Waals surface area contributed by atoms with Crippen LogP contribution >= 0.6 is 34.8 Å². The minimum absolute atomic E-state index is 0.213. The minimum atomic E-state index is -0.770. The van der Waals surface area contributed by atoms with E-state index in [1.54, 1.807) is 36.4 Å². The summed E-state index contributed by atoms with van der Waals surface area (Å²) in [6, 6.07) is 17.9. The molecule has 1 atom stereocenters. The van der Waals surface area contributed by atoms with Crippen LogP contribution in [0.1, 0.15) is 64.9 Å². The third kappa shape index (κ3) is 5.42. The van der Waals surface area contributed by atoms with Crippen LogP contribution in [0.5, 0.6) is 5.75 Å². The van der Waals surface area contributed by atoms with Crippen molar-refractivity contribution in [3.8, 4) is 17.0 Å². The standard InChI is InChI=1S/C31H25Cl3N2O5/c1-31(15-26(35-41-31)17-6-10-19(11-7-17)30(37)38-2)22-13-12-20(14-25(22)34)39-16-21-28(36-40-29(21)18-8-9-18)27-23(32)4-3-5-24(27)33/h3-7,10-14,18H,8-9,15-16H2,1-2H3. The molecule has 41 heavy (non-hydrogen) atoms. The van der Waals surface area contributed by atoms with Crippen LogP contribution in [0, 0.1) is 0 Å². The molecule has 1 saturated carbocycles. The third-order valence-electron chi connectivity index (χ3n) is 7.36. The van der Waals surface area contributed by atoms with Gasteiger partial charge in [0.05, 0.1) is 39.0 Å². The summed E-state index contributed by atoms with van der Waals surface area (Å²) < 4.78 is 16.7. The lowest BCUT2D eigenvalue weighted by molar-refractivity contribution is -0.00733. The molecule has 1 aliphatic heterocycles. The molecule has 1 unspecified atom stereocenters. The number of carbonyl (C=O) groups excluding carboxylic acids is 1. The van der Waals surface area contributed by atoms with Crippen LogP contribution in [0.25, 0.3) is 11.3 Å². The number of aromatic nitrogens is 1. The molecule has 1 aromatic heterocycles. The van der Waals surface area contributed by atoms with Gasteiger partial charge in [0.2, 0.25) is 0 Å². The predicted octanol–water partition coefficient (Wildman–Crippen LogP) is 8.58.